The van der Waals surface area contributed by atoms with Crippen molar-refractivity contribution in [1.29, 1.82) is 0 Å². The highest BCUT2D eigenvalue weighted by molar-refractivity contribution is 5.86. The molecule has 5 nitrogen and oxygen atoms in total. The van der Waals surface area contributed by atoms with Crippen LogP contribution in [0.4, 0.5) is 0 Å². The number of rotatable bonds is 5. The molecular weight excluding hydrogens is 316 g/mol. The highest BCUT2D eigenvalue weighted by Crippen LogP contribution is 2.37. The summed E-state index contributed by atoms with van der Waals surface area (Å²) in [5, 5.41) is 10.6. The van der Waals surface area contributed by atoms with Crippen molar-refractivity contribution < 1.29 is 14.6 Å². The Labute approximate surface area is 146 Å². The number of nitrogens with zero attached hydrogens (tertiary/aromatic N) is 2. The molecule has 1 N–H and O–H groups in total. The van der Waals surface area contributed by atoms with Crippen LogP contribution >= 0.6 is 0 Å². The average Bonchev–Trinajstić information content (AvgIpc) is 3.14. The predicted octanol–water partition coefficient (Wildman–Crippen LogP) is 4.24. The van der Waals surface area contributed by atoms with Crippen LogP contribution in [0.1, 0.15) is 31.2 Å². The first-order valence-electron chi connectivity index (χ1n) is 8.61. The Hall–Kier alpha value is -2.82. The van der Waals surface area contributed by atoms with Gasteiger partial charge in [-0.3, -0.25) is 0 Å². The minimum Gasteiger partial charge on any atom is -0.493 e. The normalized spacial score (nSPS) is 14.7. The van der Waals surface area contributed by atoms with E-state index in [4.69, 9.17) is 9.47 Å². The summed E-state index contributed by atoms with van der Waals surface area (Å²) in [6.45, 7) is 0.432. The van der Waals surface area contributed by atoms with Crippen molar-refractivity contribution in [2.45, 2.75) is 38.4 Å². The lowest BCUT2D eigenvalue weighted by Crippen LogP contribution is -2.12. The predicted molar refractivity (Wildman–Crippen MR) is 94.9 cm³/mol. The van der Waals surface area contributed by atoms with Crippen LogP contribution in [0.5, 0.6) is 17.4 Å². The maximum Gasteiger partial charge on any atom is 0.222 e. The number of hydrogen-bond donors (Lipinski definition) is 1. The Kier molecular flexibility index (Phi) is 4.37. The molecule has 1 heterocycles. The zero-order valence-electron chi connectivity index (χ0n) is 13.9. The minimum atomic E-state index is -0.0537. The number of fused-ring (bicyclic) bond motifs is 1. The molecule has 0 atom stereocenters. The molecule has 0 spiro atoms. The molecule has 0 radical (unpaired) electrons. The first-order valence-corrected chi connectivity index (χ1v) is 8.61. The lowest BCUT2D eigenvalue weighted by Gasteiger charge is -2.18. The molecule has 4 rings (SSSR count). The van der Waals surface area contributed by atoms with Gasteiger partial charge in [0.25, 0.3) is 0 Å². The molecule has 1 aliphatic rings. The third-order valence-electron chi connectivity index (χ3n) is 4.51. The number of hydrogen-bond acceptors (Lipinski definition) is 5. The first-order chi connectivity index (χ1) is 12.3. The SMILES string of the molecule is Oc1ncnc2cc(OC3CCCC3)c(OCc3ccccc3)cc12. The van der Waals surface area contributed by atoms with Gasteiger partial charge in [-0.15, -0.1) is 0 Å². The summed E-state index contributed by atoms with van der Waals surface area (Å²) in [6.07, 6.45) is 6.08. The summed E-state index contributed by atoms with van der Waals surface area (Å²) in [7, 11) is 0. The Morgan fingerprint density at radius 2 is 1.80 bits per heavy atom. The fraction of sp³-hybridized carbons (Fsp3) is 0.300. The summed E-state index contributed by atoms with van der Waals surface area (Å²) in [4.78, 5) is 8.08. The molecule has 128 valence electrons. The summed E-state index contributed by atoms with van der Waals surface area (Å²) < 4.78 is 12.2. The topological polar surface area (TPSA) is 64.5 Å². The van der Waals surface area contributed by atoms with E-state index in [1.807, 2.05) is 36.4 Å². The second kappa shape index (κ2) is 6.97. The van der Waals surface area contributed by atoms with Crippen LogP contribution in [0.25, 0.3) is 10.9 Å². The molecule has 0 bridgehead atoms. The molecule has 0 unspecified atom stereocenters. The molecule has 3 aromatic rings. The monoisotopic (exact) mass is 336 g/mol. The van der Waals surface area contributed by atoms with Crippen molar-refractivity contribution in [2.24, 2.45) is 0 Å². The van der Waals surface area contributed by atoms with E-state index in [0.29, 0.717) is 29.0 Å². The van der Waals surface area contributed by atoms with E-state index >= 15 is 0 Å². The smallest absolute Gasteiger partial charge is 0.222 e. The number of aromatic nitrogens is 2. The van der Waals surface area contributed by atoms with Crippen molar-refractivity contribution in [2.75, 3.05) is 0 Å². The van der Waals surface area contributed by atoms with Gasteiger partial charge in [-0.2, -0.15) is 0 Å². The van der Waals surface area contributed by atoms with Gasteiger partial charge >= 0.3 is 0 Å². The largest absolute Gasteiger partial charge is 0.493 e. The van der Waals surface area contributed by atoms with Gasteiger partial charge in [-0.1, -0.05) is 30.3 Å². The summed E-state index contributed by atoms with van der Waals surface area (Å²) in [5.41, 5.74) is 1.72. The van der Waals surface area contributed by atoms with E-state index in [1.54, 1.807) is 6.07 Å². The highest BCUT2D eigenvalue weighted by Gasteiger charge is 2.20. The highest BCUT2D eigenvalue weighted by atomic mass is 16.5. The maximum absolute atomic E-state index is 10.0. The summed E-state index contributed by atoms with van der Waals surface area (Å²) in [6, 6.07) is 13.6. The molecule has 1 aromatic heterocycles. The molecule has 1 saturated carbocycles. The lowest BCUT2D eigenvalue weighted by atomic mass is 10.2. The minimum absolute atomic E-state index is 0.0537. The van der Waals surface area contributed by atoms with Crippen LogP contribution in [-0.4, -0.2) is 21.2 Å². The summed E-state index contributed by atoms with van der Waals surface area (Å²) in [5.74, 6) is 1.23. The Morgan fingerprint density at radius 1 is 1.00 bits per heavy atom. The second-order valence-corrected chi connectivity index (χ2v) is 6.31. The van der Waals surface area contributed by atoms with E-state index in [0.717, 1.165) is 18.4 Å². The molecule has 25 heavy (non-hydrogen) atoms. The number of aromatic hydroxyl groups is 1. The fourth-order valence-corrected chi connectivity index (χ4v) is 3.18. The third-order valence-corrected chi connectivity index (χ3v) is 4.51. The Bertz CT molecular complexity index is 861. The van der Waals surface area contributed by atoms with Crippen LogP contribution in [-0.2, 0) is 6.61 Å². The van der Waals surface area contributed by atoms with Crippen molar-refractivity contribution in [3.63, 3.8) is 0 Å². The zero-order valence-corrected chi connectivity index (χ0v) is 13.9. The van der Waals surface area contributed by atoms with Gasteiger partial charge in [-0.25, -0.2) is 9.97 Å². The fourth-order valence-electron chi connectivity index (χ4n) is 3.18. The van der Waals surface area contributed by atoms with Gasteiger partial charge < -0.3 is 14.6 Å². The van der Waals surface area contributed by atoms with Gasteiger partial charge in [0.05, 0.1) is 17.0 Å². The Morgan fingerprint density at radius 3 is 2.60 bits per heavy atom. The van der Waals surface area contributed by atoms with Crippen molar-refractivity contribution in [3.8, 4) is 17.4 Å². The number of ether oxygens (including phenoxy) is 2. The van der Waals surface area contributed by atoms with Crippen molar-refractivity contribution >= 4 is 10.9 Å². The Balaban J connectivity index is 1.66. The van der Waals surface area contributed by atoms with Crippen LogP contribution in [0, 0.1) is 0 Å². The van der Waals surface area contributed by atoms with Crippen LogP contribution in [0.3, 0.4) is 0 Å². The van der Waals surface area contributed by atoms with Crippen LogP contribution in [0.15, 0.2) is 48.8 Å². The quantitative estimate of drug-likeness (QED) is 0.755. The maximum atomic E-state index is 10.0. The van der Waals surface area contributed by atoms with Gasteiger partial charge in [0, 0.05) is 6.07 Å². The van der Waals surface area contributed by atoms with Crippen LogP contribution < -0.4 is 9.47 Å². The van der Waals surface area contributed by atoms with Crippen molar-refractivity contribution in [1.82, 2.24) is 9.97 Å². The second-order valence-electron chi connectivity index (χ2n) is 6.31. The van der Waals surface area contributed by atoms with E-state index in [2.05, 4.69) is 9.97 Å². The zero-order chi connectivity index (χ0) is 17.1. The summed E-state index contributed by atoms with van der Waals surface area (Å²) >= 11 is 0. The van der Waals surface area contributed by atoms with E-state index in [9.17, 15) is 5.11 Å². The first kappa shape index (κ1) is 15.7. The van der Waals surface area contributed by atoms with Gasteiger partial charge in [-0.05, 0) is 37.3 Å². The molecule has 0 amide bonds. The molecule has 0 aliphatic heterocycles. The standard InChI is InChI=1S/C20H20N2O3/c23-20-16-10-18(24-12-14-6-2-1-3-7-14)19(11-17(16)21-13-22-20)25-15-8-4-5-9-15/h1-3,6-7,10-11,13,15H,4-5,8-9,12H2,(H,21,22,23). The molecule has 0 saturated heterocycles. The lowest BCUT2D eigenvalue weighted by molar-refractivity contribution is 0.193. The molecular formula is C20H20N2O3. The van der Waals surface area contributed by atoms with Crippen LogP contribution in [0.2, 0.25) is 0 Å². The third kappa shape index (κ3) is 3.50. The molecule has 5 heteroatoms. The number of benzene rings is 2. The van der Waals surface area contributed by atoms with E-state index in [1.165, 1.54) is 19.2 Å². The van der Waals surface area contributed by atoms with E-state index < -0.39 is 0 Å². The van der Waals surface area contributed by atoms with Gasteiger partial charge in [0.15, 0.2) is 11.5 Å². The van der Waals surface area contributed by atoms with Crippen molar-refractivity contribution in [3.05, 3.63) is 54.4 Å². The average molecular weight is 336 g/mol. The molecule has 2 aromatic carbocycles. The van der Waals surface area contributed by atoms with Gasteiger partial charge in [0.1, 0.15) is 12.9 Å². The van der Waals surface area contributed by atoms with E-state index in [-0.39, 0.29) is 12.0 Å². The van der Waals surface area contributed by atoms with Gasteiger partial charge in [0.2, 0.25) is 5.88 Å². The molecule has 1 fully saturated rings. The molecule has 1 aliphatic carbocycles.